The van der Waals surface area contributed by atoms with Crippen LogP contribution in [0.1, 0.15) is 72.1 Å². The van der Waals surface area contributed by atoms with Crippen molar-refractivity contribution in [2.24, 2.45) is 17.8 Å². The van der Waals surface area contributed by atoms with E-state index in [0.29, 0.717) is 19.3 Å². The van der Waals surface area contributed by atoms with E-state index >= 15 is 0 Å². The summed E-state index contributed by atoms with van der Waals surface area (Å²) in [6.07, 6.45) is 18.2. The highest BCUT2D eigenvalue weighted by molar-refractivity contribution is 5.95. The number of hydrogen-bond donors (Lipinski definition) is 1. The zero-order chi connectivity index (χ0) is 21.6. The lowest BCUT2D eigenvalue weighted by Gasteiger charge is -2.14. The Kier molecular flexibility index (Phi) is 12.1. The number of allylic oxidation sites excluding steroid dienone is 6. The predicted molar refractivity (Wildman–Crippen MR) is 114 cm³/mol. The van der Waals surface area contributed by atoms with Crippen LogP contribution in [0.5, 0.6) is 0 Å². The van der Waals surface area contributed by atoms with Gasteiger partial charge in [-0.05, 0) is 38.2 Å². The third kappa shape index (κ3) is 9.84. The van der Waals surface area contributed by atoms with E-state index in [4.69, 9.17) is 0 Å². The van der Waals surface area contributed by atoms with Gasteiger partial charge in [-0.25, -0.2) is 0 Å². The molecule has 0 fully saturated rings. The second kappa shape index (κ2) is 14.0. The number of esters is 1. The zero-order valence-electron chi connectivity index (χ0n) is 18.0. The van der Waals surface area contributed by atoms with Gasteiger partial charge in [0.2, 0.25) is 5.78 Å². The van der Waals surface area contributed by atoms with Crippen LogP contribution in [0.4, 0.5) is 0 Å². The number of Topliss-reactive ketones (excluding diaryl/α,β-unsaturated/α-hetero) is 1. The van der Waals surface area contributed by atoms with E-state index in [1.165, 1.54) is 25.7 Å². The number of ether oxygens (including phenoxy) is 1. The summed E-state index contributed by atoms with van der Waals surface area (Å²) in [5, 5.41) is 9.53. The molecule has 5 heteroatoms. The monoisotopic (exact) mass is 404 g/mol. The number of rotatable bonds is 14. The van der Waals surface area contributed by atoms with Gasteiger partial charge in [0, 0.05) is 24.7 Å². The molecule has 0 aliphatic heterocycles. The highest BCUT2D eigenvalue weighted by Crippen LogP contribution is 2.27. The van der Waals surface area contributed by atoms with Crippen LogP contribution in [0.2, 0.25) is 0 Å². The molecule has 0 heterocycles. The van der Waals surface area contributed by atoms with Crippen molar-refractivity contribution < 1.29 is 24.2 Å². The normalized spacial score (nSPS) is 21.2. The van der Waals surface area contributed by atoms with E-state index in [2.05, 4.69) is 23.8 Å². The molecular weight excluding hydrogens is 368 g/mol. The predicted octanol–water partition coefficient (Wildman–Crippen LogP) is 4.70. The Morgan fingerprint density at radius 1 is 1.17 bits per heavy atom. The third-order valence-corrected chi connectivity index (χ3v) is 5.23. The van der Waals surface area contributed by atoms with Gasteiger partial charge in [0.25, 0.3) is 6.29 Å². The van der Waals surface area contributed by atoms with Crippen molar-refractivity contribution in [3.63, 3.8) is 0 Å². The highest BCUT2D eigenvalue weighted by Gasteiger charge is 2.27. The van der Waals surface area contributed by atoms with Gasteiger partial charge in [-0.1, -0.05) is 63.5 Å². The molecule has 1 aliphatic carbocycles. The Morgan fingerprint density at radius 3 is 2.62 bits per heavy atom. The van der Waals surface area contributed by atoms with E-state index in [9.17, 15) is 19.5 Å². The number of carbonyl (C=O) groups is 3. The van der Waals surface area contributed by atoms with Crippen LogP contribution in [0.3, 0.4) is 0 Å². The summed E-state index contributed by atoms with van der Waals surface area (Å²) in [4.78, 5) is 34.8. The molecule has 0 spiro atoms. The summed E-state index contributed by atoms with van der Waals surface area (Å²) in [7, 11) is 0. The first-order valence-electron chi connectivity index (χ1n) is 10.8. The quantitative estimate of drug-likeness (QED) is 0.196. The zero-order valence-corrected chi connectivity index (χ0v) is 18.0. The third-order valence-electron chi connectivity index (χ3n) is 5.23. The molecule has 4 atom stereocenters. The van der Waals surface area contributed by atoms with Gasteiger partial charge < -0.3 is 9.84 Å². The van der Waals surface area contributed by atoms with E-state index in [1.807, 2.05) is 18.2 Å². The van der Waals surface area contributed by atoms with Crippen molar-refractivity contribution in [1.82, 2.24) is 0 Å². The molecule has 0 aromatic rings. The van der Waals surface area contributed by atoms with Gasteiger partial charge in [-0.15, -0.1) is 0 Å². The van der Waals surface area contributed by atoms with Crippen LogP contribution in [-0.4, -0.2) is 28.9 Å². The Morgan fingerprint density at radius 2 is 1.93 bits per heavy atom. The molecule has 0 aromatic carbocycles. The van der Waals surface area contributed by atoms with Crippen LogP contribution < -0.4 is 0 Å². The maximum Gasteiger partial charge on any atom is 0.305 e. The average molecular weight is 405 g/mol. The molecule has 0 radical (unpaired) electrons. The second-order valence-corrected chi connectivity index (χ2v) is 7.77. The minimum absolute atomic E-state index is 0.0389. The fourth-order valence-electron chi connectivity index (χ4n) is 3.38. The van der Waals surface area contributed by atoms with Crippen LogP contribution in [0, 0.1) is 17.8 Å². The Labute approximate surface area is 174 Å². The number of aliphatic hydroxyl groups is 1. The van der Waals surface area contributed by atoms with Crippen molar-refractivity contribution in [2.75, 3.05) is 0 Å². The SMILES string of the molecule is CCCCCCC=C[C@H]1C=CC(=O)[C@@H]1CC=CCCC(C)C(=O)C(O)OC(C)=O. The number of carbonyl (C=O) groups excluding carboxylic acids is 3. The lowest BCUT2D eigenvalue weighted by atomic mass is 9.90. The summed E-state index contributed by atoms with van der Waals surface area (Å²) in [5.74, 6) is -1.29. The average Bonchev–Trinajstić information content (AvgIpc) is 3.02. The van der Waals surface area contributed by atoms with E-state index in [1.54, 1.807) is 13.0 Å². The van der Waals surface area contributed by atoms with Gasteiger partial charge in [-0.3, -0.25) is 14.4 Å². The molecule has 0 amide bonds. The maximum atomic E-state index is 12.1. The molecule has 0 saturated heterocycles. The van der Waals surface area contributed by atoms with Gasteiger partial charge in [-0.2, -0.15) is 0 Å². The molecular formula is C24H36O5. The molecule has 0 saturated carbocycles. The standard InChI is InChI=1S/C24H36O5/c1-4-5-6-7-8-11-14-20-16-17-22(26)21(20)15-12-9-10-13-18(2)23(27)24(28)29-19(3)25/h9,11-12,14,16-18,20-21,24,28H,4-8,10,13,15H2,1-3H3/t18?,20-,21+,24?/m0/s1. The molecule has 29 heavy (non-hydrogen) atoms. The van der Waals surface area contributed by atoms with Crippen molar-refractivity contribution >= 4 is 17.5 Å². The minimum atomic E-state index is -1.69. The summed E-state index contributed by atoms with van der Waals surface area (Å²) >= 11 is 0. The molecule has 0 aromatic heterocycles. The van der Waals surface area contributed by atoms with Gasteiger partial charge in [0.1, 0.15) is 0 Å². The summed E-state index contributed by atoms with van der Waals surface area (Å²) in [5.41, 5.74) is 0. The molecule has 0 bridgehead atoms. The van der Waals surface area contributed by atoms with Crippen LogP contribution in [0.15, 0.2) is 36.5 Å². The fourth-order valence-corrected chi connectivity index (χ4v) is 3.38. The highest BCUT2D eigenvalue weighted by atomic mass is 16.6. The summed E-state index contributed by atoms with van der Waals surface area (Å²) < 4.78 is 4.51. The van der Waals surface area contributed by atoms with Crippen LogP contribution >= 0.6 is 0 Å². The Bertz CT molecular complexity index is 617. The van der Waals surface area contributed by atoms with E-state index < -0.39 is 24.0 Å². The van der Waals surface area contributed by atoms with E-state index in [0.717, 1.165) is 13.3 Å². The number of unbranched alkanes of at least 4 members (excludes halogenated alkanes) is 4. The van der Waals surface area contributed by atoms with Crippen molar-refractivity contribution in [3.8, 4) is 0 Å². The van der Waals surface area contributed by atoms with Crippen LogP contribution in [-0.2, 0) is 19.1 Å². The summed E-state index contributed by atoms with van der Waals surface area (Å²) in [6.45, 7) is 5.06. The fraction of sp³-hybridized carbons (Fsp3) is 0.625. The molecule has 162 valence electrons. The second-order valence-electron chi connectivity index (χ2n) is 7.77. The van der Waals surface area contributed by atoms with Crippen molar-refractivity contribution in [2.45, 2.75) is 78.4 Å². The summed E-state index contributed by atoms with van der Waals surface area (Å²) in [6, 6.07) is 0. The first-order chi connectivity index (χ1) is 13.9. The molecule has 1 N–H and O–H groups in total. The molecule has 5 nitrogen and oxygen atoms in total. The Hall–Kier alpha value is -2.01. The van der Waals surface area contributed by atoms with Gasteiger partial charge in [0.15, 0.2) is 5.78 Å². The van der Waals surface area contributed by atoms with E-state index in [-0.39, 0.29) is 17.6 Å². The number of ketones is 2. The first-order valence-corrected chi connectivity index (χ1v) is 10.8. The van der Waals surface area contributed by atoms with Crippen LogP contribution in [0.25, 0.3) is 0 Å². The topological polar surface area (TPSA) is 80.7 Å². The van der Waals surface area contributed by atoms with Crippen molar-refractivity contribution in [1.29, 1.82) is 0 Å². The molecule has 2 unspecified atom stereocenters. The Balaban J connectivity index is 2.35. The number of hydrogen-bond acceptors (Lipinski definition) is 5. The lowest BCUT2D eigenvalue weighted by Crippen LogP contribution is -2.30. The van der Waals surface area contributed by atoms with Crippen molar-refractivity contribution in [3.05, 3.63) is 36.5 Å². The minimum Gasteiger partial charge on any atom is -0.428 e. The number of aliphatic hydroxyl groups excluding tert-OH is 1. The smallest absolute Gasteiger partial charge is 0.305 e. The van der Waals surface area contributed by atoms with Gasteiger partial charge in [0.05, 0.1) is 0 Å². The molecule has 1 aliphatic rings. The first kappa shape index (κ1) is 25.0. The maximum absolute atomic E-state index is 12.1. The largest absolute Gasteiger partial charge is 0.428 e. The molecule has 1 rings (SSSR count). The van der Waals surface area contributed by atoms with Gasteiger partial charge >= 0.3 is 5.97 Å². The lowest BCUT2D eigenvalue weighted by molar-refractivity contribution is -0.175.